The van der Waals surface area contributed by atoms with Crippen molar-refractivity contribution in [2.24, 2.45) is 0 Å². The standard InChI is InChI=1S/C25H24F2N6/c26-21-8-6-20(7-9-21)24(25-28-29-30-33(25)18-19-4-2-1-3-5-19)32-16-14-31(15-17-32)23-12-10-22(27)11-13-23/h1-13,24H,14-18H2/t24-/m1/s1. The number of nitrogens with zero attached hydrogens (tertiary/aromatic N) is 6. The van der Waals surface area contributed by atoms with Crippen molar-refractivity contribution in [3.63, 3.8) is 0 Å². The Hall–Kier alpha value is -3.65. The quantitative estimate of drug-likeness (QED) is 0.450. The lowest BCUT2D eigenvalue weighted by molar-refractivity contribution is 0.201. The van der Waals surface area contributed by atoms with Crippen molar-refractivity contribution in [2.45, 2.75) is 12.6 Å². The molecule has 168 valence electrons. The third-order valence-corrected chi connectivity index (χ3v) is 6.04. The second-order valence-corrected chi connectivity index (χ2v) is 8.13. The van der Waals surface area contributed by atoms with E-state index in [-0.39, 0.29) is 17.7 Å². The Kier molecular flexibility index (Phi) is 6.08. The van der Waals surface area contributed by atoms with Crippen LogP contribution in [0, 0.1) is 11.6 Å². The number of anilines is 1. The third kappa shape index (κ3) is 4.75. The summed E-state index contributed by atoms with van der Waals surface area (Å²) < 4.78 is 28.8. The summed E-state index contributed by atoms with van der Waals surface area (Å²) in [5, 5.41) is 12.6. The Morgan fingerprint density at radius 2 is 1.39 bits per heavy atom. The van der Waals surface area contributed by atoms with Crippen LogP contribution in [0.4, 0.5) is 14.5 Å². The molecule has 1 aliphatic heterocycles. The summed E-state index contributed by atoms with van der Waals surface area (Å²) in [5.74, 6) is 0.210. The number of benzene rings is 3. The Balaban J connectivity index is 1.41. The highest BCUT2D eigenvalue weighted by Crippen LogP contribution is 2.29. The molecular formula is C25H24F2N6. The monoisotopic (exact) mass is 446 g/mol. The van der Waals surface area contributed by atoms with E-state index in [9.17, 15) is 8.78 Å². The minimum atomic E-state index is -0.275. The van der Waals surface area contributed by atoms with Gasteiger partial charge in [-0.25, -0.2) is 13.5 Å². The van der Waals surface area contributed by atoms with Gasteiger partial charge in [0, 0.05) is 31.9 Å². The number of halogens is 2. The van der Waals surface area contributed by atoms with Crippen LogP contribution in [-0.2, 0) is 6.54 Å². The lowest BCUT2D eigenvalue weighted by Crippen LogP contribution is -2.48. The maximum absolute atomic E-state index is 13.7. The zero-order valence-corrected chi connectivity index (χ0v) is 18.1. The molecule has 6 nitrogen and oxygen atoms in total. The second-order valence-electron chi connectivity index (χ2n) is 8.13. The zero-order chi connectivity index (χ0) is 22.6. The van der Waals surface area contributed by atoms with Gasteiger partial charge in [-0.2, -0.15) is 0 Å². The van der Waals surface area contributed by atoms with Crippen molar-refractivity contribution >= 4 is 5.69 Å². The van der Waals surface area contributed by atoms with E-state index >= 15 is 0 Å². The number of tetrazole rings is 1. The summed E-state index contributed by atoms with van der Waals surface area (Å²) in [5.41, 5.74) is 3.05. The van der Waals surface area contributed by atoms with Crippen LogP contribution in [0.3, 0.4) is 0 Å². The maximum Gasteiger partial charge on any atom is 0.173 e. The van der Waals surface area contributed by atoms with Gasteiger partial charge in [-0.15, -0.1) is 5.10 Å². The van der Waals surface area contributed by atoms with Crippen LogP contribution in [0.2, 0.25) is 0 Å². The Labute approximate surface area is 191 Å². The summed E-state index contributed by atoms with van der Waals surface area (Å²) in [6.45, 7) is 3.64. The van der Waals surface area contributed by atoms with Gasteiger partial charge < -0.3 is 4.90 Å². The number of hydrogen-bond donors (Lipinski definition) is 0. The first-order chi connectivity index (χ1) is 16.2. The highest BCUT2D eigenvalue weighted by molar-refractivity contribution is 5.46. The van der Waals surface area contributed by atoms with Gasteiger partial charge in [0.15, 0.2) is 5.82 Å². The SMILES string of the molecule is Fc1ccc([C@H](c2nnnn2Cc2ccccc2)N2CCN(c3ccc(F)cc3)CC2)cc1. The molecule has 3 aromatic carbocycles. The van der Waals surface area contributed by atoms with Crippen molar-refractivity contribution in [1.82, 2.24) is 25.1 Å². The Morgan fingerprint density at radius 3 is 2.06 bits per heavy atom. The number of aromatic nitrogens is 4. The summed E-state index contributed by atoms with van der Waals surface area (Å²) in [7, 11) is 0. The zero-order valence-electron chi connectivity index (χ0n) is 18.1. The molecule has 1 aliphatic rings. The van der Waals surface area contributed by atoms with Crippen molar-refractivity contribution in [1.29, 1.82) is 0 Å². The molecule has 0 radical (unpaired) electrons. The predicted molar refractivity (Wildman–Crippen MR) is 122 cm³/mol. The first-order valence-corrected chi connectivity index (χ1v) is 11.0. The summed E-state index contributed by atoms with van der Waals surface area (Å²) >= 11 is 0. The first kappa shape index (κ1) is 21.2. The molecule has 33 heavy (non-hydrogen) atoms. The van der Waals surface area contributed by atoms with E-state index < -0.39 is 0 Å². The molecule has 8 heteroatoms. The van der Waals surface area contributed by atoms with Crippen LogP contribution in [0.1, 0.15) is 23.0 Å². The van der Waals surface area contributed by atoms with Gasteiger partial charge in [-0.1, -0.05) is 42.5 Å². The molecule has 0 bridgehead atoms. The van der Waals surface area contributed by atoms with Gasteiger partial charge in [-0.3, -0.25) is 4.90 Å². The molecule has 0 N–H and O–H groups in total. The van der Waals surface area contributed by atoms with Gasteiger partial charge in [-0.05, 0) is 58.0 Å². The van der Waals surface area contributed by atoms with Crippen LogP contribution in [0.25, 0.3) is 0 Å². The van der Waals surface area contributed by atoms with E-state index in [1.165, 1.54) is 24.3 Å². The highest BCUT2D eigenvalue weighted by atomic mass is 19.1. The van der Waals surface area contributed by atoms with Crippen LogP contribution < -0.4 is 4.90 Å². The average molecular weight is 447 g/mol. The summed E-state index contributed by atoms with van der Waals surface area (Å²) in [6, 6.07) is 23.0. The van der Waals surface area contributed by atoms with Gasteiger partial charge >= 0.3 is 0 Å². The molecule has 2 heterocycles. The number of piperazine rings is 1. The summed E-state index contributed by atoms with van der Waals surface area (Å²) in [6.07, 6.45) is 0. The Bertz CT molecular complexity index is 1170. The van der Waals surface area contributed by atoms with E-state index in [2.05, 4.69) is 25.3 Å². The van der Waals surface area contributed by atoms with Gasteiger partial charge in [0.2, 0.25) is 0 Å². The topological polar surface area (TPSA) is 50.1 Å². The number of rotatable bonds is 6. The molecule has 1 saturated heterocycles. The van der Waals surface area contributed by atoms with E-state index in [0.29, 0.717) is 6.54 Å². The molecule has 0 amide bonds. The molecule has 5 rings (SSSR count). The summed E-state index contributed by atoms with van der Waals surface area (Å²) in [4.78, 5) is 4.56. The molecule has 0 saturated carbocycles. The van der Waals surface area contributed by atoms with Crippen LogP contribution >= 0.6 is 0 Å². The van der Waals surface area contributed by atoms with Gasteiger partial charge in [0.1, 0.15) is 11.6 Å². The smallest absolute Gasteiger partial charge is 0.173 e. The lowest BCUT2D eigenvalue weighted by Gasteiger charge is -2.40. The highest BCUT2D eigenvalue weighted by Gasteiger charge is 2.30. The fourth-order valence-electron chi connectivity index (χ4n) is 4.33. The molecule has 1 aromatic heterocycles. The van der Waals surface area contributed by atoms with E-state index in [0.717, 1.165) is 48.8 Å². The second kappa shape index (κ2) is 9.46. The molecule has 1 atom stereocenters. The fourth-order valence-corrected chi connectivity index (χ4v) is 4.33. The minimum absolute atomic E-state index is 0.209. The molecule has 0 aliphatic carbocycles. The van der Waals surface area contributed by atoms with Gasteiger partial charge in [0.25, 0.3) is 0 Å². The minimum Gasteiger partial charge on any atom is -0.369 e. The fraction of sp³-hybridized carbons (Fsp3) is 0.240. The molecule has 0 unspecified atom stereocenters. The van der Waals surface area contributed by atoms with Crippen molar-refractivity contribution < 1.29 is 8.78 Å². The van der Waals surface area contributed by atoms with E-state index in [4.69, 9.17) is 0 Å². The molecular weight excluding hydrogens is 422 g/mol. The molecule has 0 spiro atoms. The molecule has 4 aromatic rings. The predicted octanol–water partition coefficient (Wildman–Crippen LogP) is 3.91. The Morgan fingerprint density at radius 1 is 0.758 bits per heavy atom. The van der Waals surface area contributed by atoms with Crippen molar-refractivity contribution in [3.8, 4) is 0 Å². The largest absolute Gasteiger partial charge is 0.369 e. The van der Waals surface area contributed by atoms with Crippen molar-refractivity contribution in [2.75, 3.05) is 31.1 Å². The molecule has 1 fully saturated rings. The van der Waals surface area contributed by atoms with E-state index in [1.54, 1.807) is 12.1 Å². The van der Waals surface area contributed by atoms with Crippen LogP contribution in [-0.4, -0.2) is 51.3 Å². The van der Waals surface area contributed by atoms with Crippen LogP contribution in [0.5, 0.6) is 0 Å². The van der Waals surface area contributed by atoms with Crippen LogP contribution in [0.15, 0.2) is 78.9 Å². The maximum atomic E-state index is 13.7. The van der Waals surface area contributed by atoms with Crippen molar-refractivity contribution in [3.05, 3.63) is 107 Å². The van der Waals surface area contributed by atoms with E-state index in [1.807, 2.05) is 47.1 Å². The number of hydrogen-bond acceptors (Lipinski definition) is 5. The van der Waals surface area contributed by atoms with Gasteiger partial charge in [0.05, 0.1) is 12.6 Å². The average Bonchev–Trinajstić information content (AvgIpc) is 3.30. The first-order valence-electron chi connectivity index (χ1n) is 11.0. The normalized spacial score (nSPS) is 15.5. The lowest BCUT2D eigenvalue weighted by atomic mass is 10.0. The third-order valence-electron chi connectivity index (χ3n) is 6.04.